The van der Waals surface area contributed by atoms with Crippen molar-refractivity contribution in [3.63, 3.8) is 0 Å². The van der Waals surface area contributed by atoms with Crippen LogP contribution >= 0.6 is 0 Å². The molecule has 0 spiro atoms. The van der Waals surface area contributed by atoms with E-state index in [1.165, 1.54) is 12.8 Å². The number of hydrogen-bond donors (Lipinski definition) is 1. The van der Waals surface area contributed by atoms with Crippen LogP contribution in [0.2, 0.25) is 0 Å². The maximum atomic E-state index is 12.0. The van der Waals surface area contributed by atoms with Crippen LogP contribution in [-0.4, -0.2) is 45.8 Å². The Morgan fingerprint density at radius 3 is 2.61 bits per heavy atom. The van der Waals surface area contributed by atoms with Crippen molar-refractivity contribution in [3.05, 3.63) is 18.0 Å². The number of piperidine rings is 1. The fourth-order valence-corrected chi connectivity index (χ4v) is 2.66. The molecule has 2 fully saturated rings. The first kappa shape index (κ1) is 11.7. The summed E-state index contributed by atoms with van der Waals surface area (Å²) in [6.45, 7) is 2.26. The molecule has 1 saturated heterocycles. The summed E-state index contributed by atoms with van der Waals surface area (Å²) in [6, 6.07) is 1.17. The smallest absolute Gasteiger partial charge is 0.254 e. The van der Waals surface area contributed by atoms with E-state index in [1.54, 1.807) is 17.1 Å². The van der Waals surface area contributed by atoms with Gasteiger partial charge >= 0.3 is 0 Å². The number of amides is 1. The Kier molecular flexibility index (Phi) is 3.07. The summed E-state index contributed by atoms with van der Waals surface area (Å²) in [4.78, 5) is 14.5. The molecule has 3 rings (SSSR count). The highest BCUT2D eigenvalue weighted by Crippen LogP contribution is 2.29. The van der Waals surface area contributed by atoms with Gasteiger partial charge in [-0.2, -0.15) is 5.10 Å². The second-order valence-electron chi connectivity index (χ2n) is 5.42. The maximum Gasteiger partial charge on any atom is 0.254 e. The zero-order valence-electron chi connectivity index (χ0n) is 10.8. The van der Waals surface area contributed by atoms with Gasteiger partial charge in [-0.25, -0.2) is 0 Å². The molecule has 2 heterocycles. The highest BCUT2D eigenvalue weighted by molar-refractivity contribution is 5.93. The molecule has 0 unspecified atom stereocenters. The molecule has 1 N–H and O–H groups in total. The van der Waals surface area contributed by atoms with Gasteiger partial charge in [0.1, 0.15) is 0 Å². The first-order chi connectivity index (χ1) is 8.72. The lowest BCUT2D eigenvalue weighted by atomic mass is 10.0. The van der Waals surface area contributed by atoms with Gasteiger partial charge in [0.05, 0.1) is 11.8 Å². The number of nitrogens with zero attached hydrogens (tertiary/aromatic N) is 3. The molecule has 5 nitrogen and oxygen atoms in total. The predicted molar refractivity (Wildman–Crippen MR) is 68.3 cm³/mol. The van der Waals surface area contributed by atoms with Crippen LogP contribution in [0.3, 0.4) is 0 Å². The lowest BCUT2D eigenvalue weighted by molar-refractivity contribution is 0.0909. The Balaban J connectivity index is 1.50. The highest BCUT2D eigenvalue weighted by atomic mass is 16.1. The number of hydrogen-bond acceptors (Lipinski definition) is 3. The molecule has 98 valence electrons. The summed E-state index contributed by atoms with van der Waals surface area (Å²) in [6.07, 6.45) is 8.26. The molecule has 18 heavy (non-hydrogen) atoms. The molecule has 0 aromatic carbocycles. The monoisotopic (exact) mass is 248 g/mol. The summed E-state index contributed by atoms with van der Waals surface area (Å²) in [5, 5.41) is 7.13. The molecular formula is C13H20N4O. The zero-order valence-corrected chi connectivity index (χ0v) is 10.8. The number of likely N-dealkylation sites (tertiary alicyclic amines) is 1. The summed E-state index contributed by atoms with van der Waals surface area (Å²) < 4.78 is 1.66. The summed E-state index contributed by atoms with van der Waals surface area (Å²) in [5.74, 6) is 0.00738. The fraction of sp³-hybridized carbons (Fsp3) is 0.692. The Morgan fingerprint density at radius 1 is 1.33 bits per heavy atom. The van der Waals surface area contributed by atoms with E-state index in [0.29, 0.717) is 11.6 Å². The van der Waals surface area contributed by atoms with E-state index in [1.807, 2.05) is 7.05 Å². The van der Waals surface area contributed by atoms with Crippen molar-refractivity contribution in [2.24, 2.45) is 7.05 Å². The topological polar surface area (TPSA) is 50.2 Å². The molecule has 0 atom stereocenters. The molecule has 2 aliphatic rings. The lowest BCUT2D eigenvalue weighted by Crippen LogP contribution is -2.45. The number of rotatable bonds is 3. The van der Waals surface area contributed by atoms with E-state index in [-0.39, 0.29) is 5.91 Å². The van der Waals surface area contributed by atoms with E-state index in [2.05, 4.69) is 15.3 Å². The number of aromatic nitrogens is 2. The quantitative estimate of drug-likeness (QED) is 0.860. The fourth-order valence-electron chi connectivity index (χ4n) is 2.66. The van der Waals surface area contributed by atoms with Crippen LogP contribution < -0.4 is 5.32 Å². The van der Waals surface area contributed by atoms with Gasteiger partial charge in [0.25, 0.3) is 5.91 Å². The Labute approximate surface area is 107 Å². The largest absolute Gasteiger partial charge is 0.349 e. The molecule has 1 aromatic rings. The first-order valence-corrected chi connectivity index (χ1v) is 6.76. The molecular weight excluding hydrogens is 228 g/mol. The Bertz CT molecular complexity index is 430. The second-order valence-corrected chi connectivity index (χ2v) is 5.42. The van der Waals surface area contributed by atoms with Gasteiger partial charge in [0.15, 0.2) is 0 Å². The molecule has 0 bridgehead atoms. The minimum Gasteiger partial charge on any atom is -0.349 e. The van der Waals surface area contributed by atoms with Gasteiger partial charge in [-0.1, -0.05) is 0 Å². The minimum absolute atomic E-state index is 0.00738. The standard InChI is InChI=1S/C13H20N4O/c1-16-9-10(8-14-16)13(18)15-11-4-6-17(7-5-11)12-2-3-12/h8-9,11-12H,2-7H2,1H3,(H,15,18). The predicted octanol–water partition coefficient (Wildman–Crippen LogP) is 0.777. The van der Waals surface area contributed by atoms with Crippen molar-refractivity contribution >= 4 is 5.91 Å². The number of carbonyl (C=O) groups is 1. The SMILES string of the molecule is Cn1cc(C(=O)NC2CCN(C3CC3)CC2)cn1. The Hall–Kier alpha value is -1.36. The highest BCUT2D eigenvalue weighted by Gasteiger charge is 2.32. The zero-order chi connectivity index (χ0) is 12.5. The molecule has 1 aromatic heterocycles. The second kappa shape index (κ2) is 4.72. The van der Waals surface area contributed by atoms with Crippen molar-refractivity contribution in [2.45, 2.75) is 37.8 Å². The summed E-state index contributed by atoms with van der Waals surface area (Å²) in [7, 11) is 1.82. The number of aryl methyl sites for hydroxylation is 1. The first-order valence-electron chi connectivity index (χ1n) is 6.76. The average Bonchev–Trinajstić information content (AvgIpc) is 3.12. The minimum atomic E-state index is 0.00738. The van der Waals surface area contributed by atoms with Crippen LogP contribution in [0, 0.1) is 0 Å². The van der Waals surface area contributed by atoms with Crippen LogP contribution in [0.5, 0.6) is 0 Å². The van der Waals surface area contributed by atoms with E-state index >= 15 is 0 Å². The van der Waals surface area contributed by atoms with Crippen LogP contribution in [0.1, 0.15) is 36.0 Å². The van der Waals surface area contributed by atoms with Crippen molar-refractivity contribution in [1.29, 1.82) is 0 Å². The third-order valence-electron chi connectivity index (χ3n) is 3.90. The van der Waals surface area contributed by atoms with Crippen molar-refractivity contribution < 1.29 is 4.79 Å². The van der Waals surface area contributed by atoms with Gasteiger partial charge in [-0.05, 0) is 25.7 Å². The molecule has 1 saturated carbocycles. The van der Waals surface area contributed by atoms with E-state index in [0.717, 1.165) is 32.0 Å². The van der Waals surface area contributed by atoms with Gasteiger partial charge in [0, 0.05) is 38.4 Å². The van der Waals surface area contributed by atoms with Gasteiger partial charge < -0.3 is 10.2 Å². The van der Waals surface area contributed by atoms with Gasteiger partial charge in [-0.15, -0.1) is 0 Å². The van der Waals surface area contributed by atoms with Crippen LogP contribution in [0.4, 0.5) is 0 Å². The normalized spacial score (nSPS) is 22.1. The third kappa shape index (κ3) is 2.56. The molecule has 1 amide bonds. The third-order valence-corrected chi connectivity index (χ3v) is 3.90. The molecule has 1 aliphatic heterocycles. The lowest BCUT2D eigenvalue weighted by Gasteiger charge is -2.32. The number of nitrogens with one attached hydrogen (secondary N) is 1. The van der Waals surface area contributed by atoms with Crippen LogP contribution in [0.15, 0.2) is 12.4 Å². The van der Waals surface area contributed by atoms with Gasteiger partial charge in [-0.3, -0.25) is 9.48 Å². The van der Waals surface area contributed by atoms with E-state index in [9.17, 15) is 4.79 Å². The summed E-state index contributed by atoms with van der Waals surface area (Å²) >= 11 is 0. The molecule has 5 heteroatoms. The van der Waals surface area contributed by atoms with Crippen LogP contribution in [-0.2, 0) is 7.05 Å². The molecule has 1 aliphatic carbocycles. The Morgan fingerprint density at radius 2 is 2.06 bits per heavy atom. The summed E-state index contributed by atoms with van der Waals surface area (Å²) in [5.41, 5.74) is 0.655. The van der Waals surface area contributed by atoms with Crippen molar-refractivity contribution in [2.75, 3.05) is 13.1 Å². The van der Waals surface area contributed by atoms with Crippen molar-refractivity contribution in [3.8, 4) is 0 Å². The number of carbonyl (C=O) groups excluding carboxylic acids is 1. The van der Waals surface area contributed by atoms with Crippen LogP contribution in [0.25, 0.3) is 0 Å². The van der Waals surface area contributed by atoms with E-state index in [4.69, 9.17) is 0 Å². The van der Waals surface area contributed by atoms with E-state index < -0.39 is 0 Å². The molecule has 0 radical (unpaired) electrons. The van der Waals surface area contributed by atoms with Gasteiger partial charge in [0.2, 0.25) is 0 Å². The average molecular weight is 248 g/mol. The maximum absolute atomic E-state index is 12.0. The van der Waals surface area contributed by atoms with Crippen molar-refractivity contribution in [1.82, 2.24) is 20.0 Å².